The zero-order valence-electron chi connectivity index (χ0n) is 13.3. The Balaban J connectivity index is 1.62. The highest BCUT2D eigenvalue weighted by Gasteiger charge is 2.14. The van der Waals surface area contributed by atoms with Crippen molar-refractivity contribution in [2.75, 3.05) is 0 Å². The summed E-state index contributed by atoms with van der Waals surface area (Å²) >= 11 is 0. The average Bonchev–Trinajstić information content (AvgIpc) is 2.99. The molecule has 0 saturated carbocycles. The van der Waals surface area contributed by atoms with Gasteiger partial charge in [0, 0.05) is 12.1 Å². The van der Waals surface area contributed by atoms with Crippen LogP contribution in [0.15, 0.2) is 60.0 Å². The van der Waals surface area contributed by atoms with Crippen molar-refractivity contribution in [2.24, 2.45) is 11.0 Å². The summed E-state index contributed by atoms with van der Waals surface area (Å²) in [5, 5.41) is 13.5. The minimum absolute atomic E-state index is 0.119. The van der Waals surface area contributed by atoms with Crippen molar-refractivity contribution in [3.63, 3.8) is 0 Å². The number of benzene rings is 2. The maximum absolute atomic E-state index is 12.2. The van der Waals surface area contributed by atoms with Crippen molar-refractivity contribution in [2.45, 2.75) is 13.5 Å². The smallest absolute Gasteiger partial charge is 0.244 e. The number of phenolic OH excluding ortho intramolecular Hbond substituents is 1. The van der Waals surface area contributed by atoms with Gasteiger partial charge in [0.05, 0.1) is 29.5 Å². The number of hydrogen-bond donors (Lipinski definition) is 2. The first kappa shape index (κ1) is 15.7. The highest BCUT2D eigenvalue weighted by Crippen LogP contribution is 2.14. The molecular weight excluding hydrogens is 304 g/mol. The molecule has 0 radical (unpaired) electrons. The van der Waals surface area contributed by atoms with E-state index >= 15 is 0 Å². The Morgan fingerprint density at radius 2 is 2.04 bits per heavy atom. The minimum atomic E-state index is -0.274. The highest BCUT2D eigenvalue weighted by atomic mass is 16.3. The van der Waals surface area contributed by atoms with E-state index in [1.54, 1.807) is 30.6 Å². The van der Waals surface area contributed by atoms with Gasteiger partial charge in [-0.2, -0.15) is 5.10 Å². The monoisotopic (exact) mass is 322 g/mol. The van der Waals surface area contributed by atoms with E-state index in [4.69, 9.17) is 0 Å². The third-order valence-corrected chi connectivity index (χ3v) is 3.76. The molecule has 0 spiro atoms. The number of para-hydroxylation sites is 3. The number of rotatable bonds is 5. The molecule has 0 fully saturated rings. The number of carbonyl (C=O) groups is 1. The molecular formula is C18H18N4O2. The van der Waals surface area contributed by atoms with Gasteiger partial charge in [0.1, 0.15) is 5.75 Å². The van der Waals surface area contributed by atoms with Crippen LogP contribution in [-0.4, -0.2) is 26.8 Å². The predicted octanol–water partition coefficient (Wildman–Crippen LogP) is 2.53. The lowest BCUT2D eigenvalue weighted by atomic mass is 10.1. The lowest BCUT2D eigenvalue weighted by Gasteiger charge is -2.11. The first-order valence-corrected chi connectivity index (χ1v) is 7.66. The zero-order chi connectivity index (χ0) is 16.9. The van der Waals surface area contributed by atoms with E-state index < -0.39 is 0 Å². The number of fused-ring (bicyclic) bond motifs is 1. The fourth-order valence-electron chi connectivity index (χ4n) is 2.41. The molecule has 6 heteroatoms. The lowest BCUT2D eigenvalue weighted by molar-refractivity contribution is -0.124. The molecule has 1 atom stereocenters. The van der Waals surface area contributed by atoms with Crippen LogP contribution in [0.1, 0.15) is 12.5 Å². The van der Waals surface area contributed by atoms with E-state index in [-0.39, 0.29) is 17.6 Å². The molecule has 0 aliphatic carbocycles. The molecule has 2 N–H and O–H groups in total. The highest BCUT2D eigenvalue weighted by molar-refractivity contribution is 5.85. The van der Waals surface area contributed by atoms with Gasteiger partial charge >= 0.3 is 0 Å². The number of hydrazone groups is 1. The average molecular weight is 322 g/mol. The fourth-order valence-corrected chi connectivity index (χ4v) is 2.41. The molecule has 122 valence electrons. The predicted molar refractivity (Wildman–Crippen MR) is 92.7 cm³/mol. The van der Waals surface area contributed by atoms with Crippen LogP contribution in [0.25, 0.3) is 11.0 Å². The summed E-state index contributed by atoms with van der Waals surface area (Å²) in [6, 6.07) is 14.6. The van der Waals surface area contributed by atoms with E-state index in [9.17, 15) is 9.90 Å². The first-order valence-electron chi connectivity index (χ1n) is 7.66. The third kappa shape index (κ3) is 3.43. The van der Waals surface area contributed by atoms with Crippen molar-refractivity contribution >= 4 is 23.2 Å². The molecule has 2 aromatic carbocycles. The number of nitrogens with one attached hydrogen (secondary N) is 1. The molecule has 0 unspecified atom stereocenters. The summed E-state index contributed by atoms with van der Waals surface area (Å²) in [4.78, 5) is 16.5. The Bertz CT molecular complexity index is 885. The van der Waals surface area contributed by atoms with Gasteiger partial charge in [-0.05, 0) is 24.3 Å². The third-order valence-electron chi connectivity index (χ3n) is 3.76. The molecule has 0 aliphatic heterocycles. The van der Waals surface area contributed by atoms with Crippen LogP contribution in [0.4, 0.5) is 0 Å². The summed E-state index contributed by atoms with van der Waals surface area (Å²) < 4.78 is 1.95. The number of nitrogens with zero attached hydrogens (tertiary/aromatic N) is 3. The maximum atomic E-state index is 12.2. The molecule has 24 heavy (non-hydrogen) atoms. The van der Waals surface area contributed by atoms with Gasteiger partial charge in [-0.3, -0.25) is 4.79 Å². The lowest BCUT2D eigenvalue weighted by Crippen LogP contribution is -2.27. The second-order valence-corrected chi connectivity index (χ2v) is 5.58. The van der Waals surface area contributed by atoms with E-state index in [2.05, 4.69) is 15.5 Å². The van der Waals surface area contributed by atoms with Crippen molar-refractivity contribution in [3.05, 3.63) is 60.4 Å². The van der Waals surface area contributed by atoms with Crippen LogP contribution in [0.5, 0.6) is 5.75 Å². The Hall–Kier alpha value is -3.15. The first-order chi connectivity index (χ1) is 11.6. The van der Waals surface area contributed by atoms with Crippen LogP contribution in [0.3, 0.4) is 0 Å². The summed E-state index contributed by atoms with van der Waals surface area (Å²) in [5.41, 5.74) is 4.95. The number of carbonyl (C=O) groups excluding carboxylic acids is 1. The van der Waals surface area contributed by atoms with Gasteiger partial charge in [-0.1, -0.05) is 31.2 Å². The molecule has 6 nitrogen and oxygen atoms in total. The summed E-state index contributed by atoms with van der Waals surface area (Å²) in [6.07, 6.45) is 3.16. The molecule has 3 aromatic rings. The number of amides is 1. The van der Waals surface area contributed by atoms with Crippen LogP contribution in [-0.2, 0) is 11.3 Å². The molecule has 1 amide bonds. The quantitative estimate of drug-likeness (QED) is 0.559. The number of imidazole rings is 1. The molecule has 0 bridgehead atoms. The van der Waals surface area contributed by atoms with Gasteiger partial charge in [0.15, 0.2) is 0 Å². The SMILES string of the molecule is C[C@@H](Cn1cnc2ccccc21)C(=O)N/N=C\c1ccccc1O. The largest absolute Gasteiger partial charge is 0.507 e. The Labute approximate surface area is 139 Å². The summed E-state index contributed by atoms with van der Waals surface area (Å²) in [7, 11) is 0. The normalized spacial score (nSPS) is 12.5. The topological polar surface area (TPSA) is 79.5 Å². The summed E-state index contributed by atoms with van der Waals surface area (Å²) in [5.74, 6) is -0.350. The second-order valence-electron chi connectivity index (χ2n) is 5.58. The standard InChI is InChI=1S/C18H18N4O2/c1-13(11-22-12-19-15-7-3-4-8-16(15)22)18(24)21-20-10-14-6-2-5-9-17(14)23/h2-10,12-13,23H,11H2,1H3,(H,21,24)/b20-10-/t13-/m0/s1. The summed E-state index contributed by atoms with van der Waals surface area (Å²) in [6.45, 7) is 2.35. The maximum Gasteiger partial charge on any atom is 0.244 e. The van der Waals surface area contributed by atoms with Gasteiger partial charge in [0.25, 0.3) is 0 Å². The van der Waals surface area contributed by atoms with Gasteiger partial charge in [0.2, 0.25) is 5.91 Å². The van der Waals surface area contributed by atoms with E-state index in [0.29, 0.717) is 12.1 Å². The molecule has 1 heterocycles. The van der Waals surface area contributed by atoms with Crippen LogP contribution in [0.2, 0.25) is 0 Å². The van der Waals surface area contributed by atoms with Crippen molar-refractivity contribution < 1.29 is 9.90 Å². The number of aromatic hydroxyl groups is 1. The molecule has 1 aromatic heterocycles. The van der Waals surface area contributed by atoms with Crippen LogP contribution in [0, 0.1) is 5.92 Å². The fraction of sp³-hybridized carbons (Fsp3) is 0.167. The van der Waals surface area contributed by atoms with Gasteiger partial charge < -0.3 is 9.67 Å². The molecule has 3 rings (SSSR count). The second kappa shape index (κ2) is 6.95. The molecule has 0 aliphatic rings. The Kier molecular flexibility index (Phi) is 4.56. The van der Waals surface area contributed by atoms with Crippen LogP contribution >= 0.6 is 0 Å². The number of aromatic nitrogens is 2. The van der Waals surface area contributed by atoms with E-state index in [0.717, 1.165) is 11.0 Å². The van der Waals surface area contributed by atoms with Crippen molar-refractivity contribution in [3.8, 4) is 5.75 Å². The molecule has 0 saturated heterocycles. The van der Waals surface area contributed by atoms with Crippen molar-refractivity contribution in [1.29, 1.82) is 0 Å². The van der Waals surface area contributed by atoms with Gasteiger partial charge in [-0.25, -0.2) is 10.4 Å². The van der Waals surface area contributed by atoms with E-state index in [1.165, 1.54) is 6.21 Å². The zero-order valence-corrected chi connectivity index (χ0v) is 13.3. The van der Waals surface area contributed by atoms with Crippen LogP contribution < -0.4 is 5.43 Å². The van der Waals surface area contributed by atoms with Gasteiger partial charge in [-0.15, -0.1) is 0 Å². The Morgan fingerprint density at radius 3 is 2.88 bits per heavy atom. The number of phenols is 1. The number of hydrogen-bond acceptors (Lipinski definition) is 4. The minimum Gasteiger partial charge on any atom is -0.507 e. The van der Waals surface area contributed by atoms with E-state index in [1.807, 2.05) is 35.8 Å². The Morgan fingerprint density at radius 1 is 1.29 bits per heavy atom. The van der Waals surface area contributed by atoms with Crippen molar-refractivity contribution in [1.82, 2.24) is 15.0 Å².